The minimum absolute atomic E-state index is 0.130. The first-order valence-corrected chi connectivity index (χ1v) is 7.51. The summed E-state index contributed by atoms with van der Waals surface area (Å²) >= 11 is 6.01. The molecule has 112 valence electrons. The summed E-state index contributed by atoms with van der Waals surface area (Å²) in [4.78, 5) is 20.9. The number of pyridine rings is 2. The average molecular weight is 316 g/mol. The van der Waals surface area contributed by atoms with Gasteiger partial charge in [0.1, 0.15) is 5.15 Å². The number of anilines is 1. The summed E-state index contributed by atoms with van der Waals surface area (Å²) in [6.45, 7) is 1.70. The third-order valence-corrected chi connectivity index (χ3v) is 4.28. The van der Waals surface area contributed by atoms with Gasteiger partial charge < -0.3 is 9.88 Å². The van der Waals surface area contributed by atoms with Gasteiger partial charge in [0.05, 0.1) is 23.4 Å². The van der Waals surface area contributed by atoms with Crippen molar-refractivity contribution < 1.29 is 0 Å². The van der Waals surface area contributed by atoms with Crippen LogP contribution in [-0.2, 0) is 0 Å². The number of nitrogens with one attached hydrogen (secondary N) is 1. The van der Waals surface area contributed by atoms with Crippen molar-refractivity contribution in [2.24, 2.45) is 0 Å². The fourth-order valence-electron chi connectivity index (χ4n) is 3.05. The molecule has 1 unspecified atom stereocenters. The van der Waals surface area contributed by atoms with Crippen molar-refractivity contribution in [3.05, 3.63) is 52.3 Å². The summed E-state index contributed by atoms with van der Waals surface area (Å²) < 4.78 is 1.98. The van der Waals surface area contributed by atoms with Crippen LogP contribution in [0.15, 0.2) is 41.6 Å². The van der Waals surface area contributed by atoms with Crippen LogP contribution in [0.25, 0.3) is 10.9 Å². The first kappa shape index (κ1) is 13.3. The number of fused-ring (bicyclic) bond motifs is 1. The quantitative estimate of drug-likeness (QED) is 0.736. The predicted molar refractivity (Wildman–Crippen MR) is 85.5 cm³/mol. The molecule has 7 heteroatoms. The molecule has 0 amide bonds. The van der Waals surface area contributed by atoms with Crippen LogP contribution in [0, 0.1) is 0 Å². The Balaban J connectivity index is 1.75. The summed E-state index contributed by atoms with van der Waals surface area (Å²) in [6, 6.07) is 5.67. The zero-order valence-corrected chi connectivity index (χ0v) is 12.5. The van der Waals surface area contributed by atoms with Crippen LogP contribution in [0.3, 0.4) is 0 Å². The summed E-state index contributed by atoms with van der Waals surface area (Å²) in [5, 5.41) is 5.65. The van der Waals surface area contributed by atoms with Crippen molar-refractivity contribution in [2.45, 2.75) is 12.5 Å². The van der Waals surface area contributed by atoms with E-state index in [1.165, 1.54) is 0 Å². The third kappa shape index (κ3) is 2.25. The van der Waals surface area contributed by atoms with Crippen molar-refractivity contribution in [1.29, 1.82) is 0 Å². The van der Waals surface area contributed by atoms with Gasteiger partial charge in [-0.15, -0.1) is 0 Å². The second-order valence-corrected chi connectivity index (χ2v) is 5.83. The van der Waals surface area contributed by atoms with Crippen LogP contribution in [0.1, 0.15) is 12.5 Å². The maximum Gasteiger partial charge on any atom is 0.250 e. The molecule has 6 nitrogen and oxygen atoms in total. The Morgan fingerprint density at radius 1 is 1.36 bits per heavy atom. The normalized spacial score (nSPS) is 18.2. The molecule has 1 saturated heterocycles. The molecule has 0 bridgehead atoms. The van der Waals surface area contributed by atoms with Gasteiger partial charge in [0.15, 0.2) is 0 Å². The molecule has 4 heterocycles. The zero-order chi connectivity index (χ0) is 15.1. The van der Waals surface area contributed by atoms with Gasteiger partial charge in [-0.2, -0.15) is 5.10 Å². The molecule has 1 fully saturated rings. The minimum atomic E-state index is -0.130. The van der Waals surface area contributed by atoms with Gasteiger partial charge in [0, 0.05) is 36.9 Å². The summed E-state index contributed by atoms with van der Waals surface area (Å²) in [6.07, 6.45) is 6.36. The van der Waals surface area contributed by atoms with Gasteiger partial charge in [-0.1, -0.05) is 11.6 Å². The van der Waals surface area contributed by atoms with Gasteiger partial charge in [-0.3, -0.25) is 9.48 Å². The Morgan fingerprint density at radius 3 is 3.09 bits per heavy atom. The lowest BCUT2D eigenvalue weighted by Gasteiger charge is -2.20. The molecule has 3 aromatic rings. The smallest absolute Gasteiger partial charge is 0.250 e. The van der Waals surface area contributed by atoms with Gasteiger partial charge in [0.25, 0.3) is 5.56 Å². The van der Waals surface area contributed by atoms with E-state index >= 15 is 0 Å². The molecular weight excluding hydrogens is 302 g/mol. The Labute approximate surface area is 131 Å². The highest BCUT2D eigenvalue weighted by Crippen LogP contribution is 2.31. The van der Waals surface area contributed by atoms with Crippen LogP contribution in [0.4, 0.5) is 5.69 Å². The standard InChI is InChI=1S/C15H14ClN5O/c16-14-6-11-12(8-17-14)19-15(22)7-13(11)20-5-2-10(9-20)21-4-1-3-18-21/h1,3-4,6-8,10H,2,5,9H2,(H,19,22). The number of hydrogen-bond donors (Lipinski definition) is 1. The van der Waals surface area contributed by atoms with E-state index in [0.717, 1.165) is 30.6 Å². The summed E-state index contributed by atoms with van der Waals surface area (Å²) in [7, 11) is 0. The lowest BCUT2D eigenvalue weighted by Crippen LogP contribution is -2.23. The number of hydrogen-bond acceptors (Lipinski definition) is 4. The Bertz CT molecular complexity index is 873. The topological polar surface area (TPSA) is 66.8 Å². The Kier molecular flexibility index (Phi) is 3.11. The van der Waals surface area contributed by atoms with E-state index in [9.17, 15) is 4.79 Å². The molecule has 1 aliphatic rings. The summed E-state index contributed by atoms with van der Waals surface area (Å²) in [5.74, 6) is 0. The second-order valence-electron chi connectivity index (χ2n) is 5.45. The van der Waals surface area contributed by atoms with Gasteiger partial charge in [-0.05, 0) is 18.6 Å². The molecule has 1 atom stereocenters. The van der Waals surface area contributed by atoms with Crippen LogP contribution >= 0.6 is 11.6 Å². The molecule has 0 radical (unpaired) electrons. The molecule has 0 aromatic carbocycles. The number of rotatable bonds is 2. The van der Waals surface area contributed by atoms with E-state index in [1.54, 1.807) is 24.5 Å². The Morgan fingerprint density at radius 2 is 2.27 bits per heavy atom. The monoisotopic (exact) mass is 315 g/mol. The van der Waals surface area contributed by atoms with Crippen molar-refractivity contribution in [2.75, 3.05) is 18.0 Å². The fraction of sp³-hybridized carbons (Fsp3) is 0.267. The summed E-state index contributed by atoms with van der Waals surface area (Å²) in [5.41, 5.74) is 1.47. The maximum atomic E-state index is 11.9. The molecule has 0 saturated carbocycles. The molecule has 1 aliphatic heterocycles. The first-order chi connectivity index (χ1) is 10.7. The number of aromatic nitrogens is 4. The highest BCUT2D eigenvalue weighted by molar-refractivity contribution is 6.30. The lowest BCUT2D eigenvalue weighted by atomic mass is 10.2. The van der Waals surface area contributed by atoms with E-state index < -0.39 is 0 Å². The van der Waals surface area contributed by atoms with Crippen LogP contribution < -0.4 is 10.5 Å². The van der Waals surface area contributed by atoms with Crippen LogP contribution in [0.5, 0.6) is 0 Å². The number of halogens is 1. The largest absolute Gasteiger partial charge is 0.369 e. The number of nitrogens with zero attached hydrogens (tertiary/aromatic N) is 4. The zero-order valence-electron chi connectivity index (χ0n) is 11.7. The molecule has 4 rings (SSSR count). The molecule has 0 spiro atoms. The van der Waals surface area contributed by atoms with E-state index in [1.807, 2.05) is 16.9 Å². The molecule has 3 aromatic heterocycles. The average Bonchev–Trinajstić information content (AvgIpc) is 3.17. The molecule has 22 heavy (non-hydrogen) atoms. The third-order valence-electron chi connectivity index (χ3n) is 4.08. The van der Waals surface area contributed by atoms with Crippen LogP contribution in [-0.4, -0.2) is 32.8 Å². The van der Waals surface area contributed by atoms with Crippen LogP contribution in [0.2, 0.25) is 5.15 Å². The second kappa shape index (κ2) is 5.14. The Hall–Kier alpha value is -2.34. The van der Waals surface area contributed by atoms with Crippen molar-refractivity contribution >= 4 is 28.2 Å². The minimum Gasteiger partial charge on any atom is -0.369 e. The van der Waals surface area contributed by atoms with E-state index in [4.69, 9.17) is 11.6 Å². The van der Waals surface area contributed by atoms with Gasteiger partial charge in [-0.25, -0.2) is 4.98 Å². The van der Waals surface area contributed by atoms with Crippen molar-refractivity contribution in [1.82, 2.24) is 19.7 Å². The number of H-pyrrole nitrogens is 1. The van der Waals surface area contributed by atoms with E-state index in [2.05, 4.69) is 20.0 Å². The highest BCUT2D eigenvalue weighted by Gasteiger charge is 2.25. The first-order valence-electron chi connectivity index (χ1n) is 7.13. The maximum absolute atomic E-state index is 11.9. The lowest BCUT2D eigenvalue weighted by molar-refractivity contribution is 0.495. The number of aromatic amines is 1. The van der Waals surface area contributed by atoms with Crippen molar-refractivity contribution in [3.63, 3.8) is 0 Å². The fourth-order valence-corrected chi connectivity index (χ4v) is 3.20. The predicted octanol–water partition coefficient (Wildman–Crippen LogP) is 2.22. The highest BCUT2D eigenvalue weighted by atomic mass is 35.5. The molecule has 0 aliphatic carbocycles. The van der Waals surface area contributed by atoms with Gasteiger partial charge in [0.2, 0.25) is 0 Å². The van der Waals surface area contributed by atoms with Gasteiger partial charge >= 0.3 is 0 Å². The molecular formula is C15H14ClN5O. The van der Waals surface area contributed by atoms with Crippen molar-refractivity contribution in [3.8, 4) is 0 Å². The van der Waals surface area contributed by atoms with E-state index in [0.29, 0.717) is 16.7 Å². The van der Waals surface area contributed by atoms with E-state index in [-0.39, 0.29) is 5.56 Å². The molecule has 1 N–H and O–H groups in total. The SMILES string of the molecule is O=c1cc(N2CCC(n3cccn3)C2)c2cc(Cl)ncc2[nH]1.